The highest BCUT2D eigenvalue weighted by atomic mass is 35.5. The van der Waals surface area contributed by atoms with Crippen molar-refractivity contribution in [1.82, 2.24) is 4.40 Å². The summed E-state index contributed by atoms with van der Waals surface area (Å²) in [7, 11) is 0. The molecule has 1 N–H and O–H groups in total. The van der Waals surface area contributed by atoms with Crippen LogP contribution < -0.4 is 0 Å². The first-order valence-electron chi connectivity index (χ1n) is 10.9. The number of carbonyl (C=O) groups excluding carboxylic acids is 1. The molecule has 4 nitrogen and oxygen atoms in total. The Morgan fingerprint density at radius 3 is 2.74 bits per heavy atom. The molecule has 0 aromatic carbocycles. The molecule has 1 saturated heterocycles. The van der Waals surface area contributed by atoms with Crippen molar-refractivity contribution in [1.29, 1.82) is 0 Å². The normalized spacial score (nSPS) is 25.8. The fourth-order valence-electron chi connectivity index (χ4n) is 5.09. The standard InChI is InChI=1S/C23H27ClF3NO3/c24-18-4-2-10-28-19(15-6-11-31-12-7-15)13-17(21(18)28)20(29)5-9-22(30)8-1-3-16(14-22)23(25,26)27/h2,4,10,13,15-16,30H,1,3,5-9,11-12,14H2. The van der Waals surface area contributed by atoms with E-state index >= 15 is 0 Å². The largest absolute Gasteiger partial charge is 0.391 e. The molecule has 8 heteroatoms. The van der Waals surface area contributed by atoms with Crippen LogP contribution in [-0.2, 0) is 4.74 Å². The predicted octanol–water partition coefficient (Wildman–Crippen LogP) is 5.93. The van der Waals surface area contributed by atoms with Crippen LogP contribution in [0, 0.1) is 5.92 Å². The Bertz CT molecular complexity index is 951. The van der Waals surface area contributed by atoms with Crippen molar-refractivity contribution in [3.63, 3.8) is 0 Å². The SMILES string of the molecule is O=C(CCC1(O)CCCC(C(F)(F)F)C1)c1cc(C2CCOCC2)n2cccc(Cl)c12. The molecule has 1 aliphatic heterocycles. The minimum absolute atomic E-state index is 0.0147. The number of pyridine rings is 1. The molecule has 31 heavy (non-hydrogen) atoms. The predicted molar refractivity (Wildman–Crippen MR) is 112 cm³/mol. The van der Waals surface area contributed by atoms with E-state index in [1.54, 1.807) is 6.07 Å². The second-order valence-electron chi connectivity index (χ2n) is 8.93. The Morgan fingerprint density at radius 1 is 1.29 bits per heavy atom. The summed E-state index contributed by atoms with van der Waals surface area (Å²) >= 11 is 6.43. The zero-order valence-electron chi connectivity index (χ0n) is 17.3. The Labute approximate surface area is 184 Å². The molecule has 2 fully saturated rings. The molecule has 2 aliphatic rings. The van der Waals surface area contributed by atoms with Gasteiger partial charge in [0.25, 0.3) is 0 Å². The van der Waals surface area contributed by atoms with Gasteiger partial charge in [-0.2, -0.15) is 13.2 Å². The number of aliphatic hydroxyl groups is 1. The number of aromatic nitrogens is 1. The van der Waals surface area contributed by atoms with Gasteiger partial charge in [0.15, 0.2) is 5.78 Å². The number of ether oxygens (including phenoxy) is 1. The maximum Gasteiger partial charge on any atom is 0.391 e. The van der Waals surface area contributed by atoms with Gasteiger partial charge in [-0.15, -0.1) is 0 Å². The van der Waals surface area contributed by atoms with Gasteiger partial charge in [0.2, 0.25) is 0 Å². The van der Waals surface area contributed by atoms with E-state index in [2.05, 4.69) is 0 Å². The molecule has 0 radical (unpaired) electrons. The first-order valence-corrected chi connectivity index (χ1v) is 11.3. The van der Waals surface area contributed by atoms with Crippen molar-refractivity contribution in [3.05, 3.63) is 40.7 Å². The molecule has 1 aliphatic carbocycles. The van der Waals surface area contributed by atoms with Crippen LogP contribution in [0.2, 0.25) is 5.02 Å². The molecule has 2 aromatic rings. The van der Waals surface area contributed by atoms with Crippen molar-refractivity contribution in [2.45, 2.75) is 69.1 Å². The number of carbonyl (C=O) groups is 1. The van der Waals surface area contributed by atoms with E-state index in [-0.39, 0.29) is 43.8 Å². The molecular formula is C23H27ClF3NO3. The van der Waals surface area contributed by atoms with Crippen molar-refractivity contribution in [2.75, 3.05) is 13.2 Å². The number of hydrogen-bond acceptors (Lipinski definition) is 3. The number of Topliss-reactive ketones (excluding diaryl/α,β-unsaturated/α-hetero) is 1. The van der Waals surface area contributed by atoms with Gasteiger partial charge < -0.3 is 14.2 Å². The van der Waals surface area contributed by atoms with E-state index in [0.717, 1.165) is 18.5 Å². The van der Waals surface area contributed by atoms with E-state index in [0.29, 0.717) is 35.7 Å². The van der Waals surface area contributed by atoms with Crippen LogP contribution >= 0.6 is 11.6 Å². The van der Waals surface area contributed by atoms with Crippen LogP contribution in [0.5, 0.6) is 0 Å². The lowest BCUT2D eigenvalue weighted by Gasteiger charge is -2.37. The Hall–Kier alpha value is -1.57. The number of ketones is 1. The number of fused-ring (bicyclic) bond motifs is 1. The minimum Gasteiger partial charge on any atom is -0.390 e. The van der Waals surface area contributed by atoms with Gasteiger partial charge in [-0.05, 0) is 63.1 Å². The molecule has 0 bridgehead atoms. The summed E-state index contributed by atoms with van der Waals surface area (Å²) in [6.45, 7) is 1.32. The smallest absolute Gasteiger partial charge is 0.390 e. The summed E-state index contributed by atoms with van der Waals surface area (Å²) in [5.41, 5.74) is 0.632. The molecule has 2 unspecified atom stereocenters. The number of hydrogen-bond donors (Lipinski definition) is 1. The number of nitrogens with zero attached hydrogens (tertiary/aromatic N) is 1. The van der Waals surface area contributed by atoms with Gasteiger partial charge in [-0.25, -0.2) is 0 Å². The van der Waals surface area contributed by atoms with Crippen molar-refractivity contribution < 1.29 is 27.8 Å². The van der Waals surface area contributed by atoms with Crippen molar-refractivity contribution >= 4 is 22.9 Å². The van der Waals surface area contributed by atoms with Gasteiger partial charge in [0, 0.05) is 43.0 Å². The second-order valence-corrected chi connectivity index (χ2v) is 9.33. The van der Waals surface area contributed by atoms with Crippen molar-refractivity contribution in [3.8, 4) is 0 Å². The molecule has 0 amide bonds. The fraction of sp³-hybridized carbons (Fsp3) is 0.609. The van der Waals surface area contributed by atoms with Crippen LogP contribution in [0.4, 0.5) is 13.2 Å². The van der Waals surface area contributed by atoms with E-state index in [1.807, 2.05) is 22.7 Å². The Kier molecular flexibility index (Phi) is 6.39. The molecule has 4 rings (SSSR count). The fourth-order valence-corrected chi connectivity index (χ4v) is 5.36. The lowest BCUT2D eigenvalue weighted by atomic mass is 9.75. The first-order chi connectivity index (χ1) is 14.7. The van der Waals surface area contributed by atoms with Crippen LogP contribution in [0.15, 0.2) is 24.4 Å². The zero-order chi connectivity index (χ0) is 22.2. The molecule has 3 heterocycles. The van der Waals surface area contributed by atoms with Gasteiger partial charge in [-0.3, -0.25) is 4.79 Å². The third-order valence-corrected chi connectivity index (χ3v) is 7.12. The highest BCUT2D eigenvalue weighted by Crippen LogP contribution is 2.43. The number of alkyl halides is 3. The minimum atomic E-state index is -4.32. The molecule has 170 valence electrons. The average Bonchev–Trinajstić information content (AvgIpc) is 3.13. The maximum atomic E-state index is 13.1. The molecule has 1 saturated carbocycles. The quantitative estimate of drug-likeness (QED) is 0.566. The number of halogens is 4. The third-order valence-electron chi connectivity index (χ3n) is 6.81. The van der Waals surface area contributed by atoms with Crippen LogP contribution in [0.3, 0.4) is 0 Å². The van der Waals surface area contributed by atoms with E-state index in [1.165, 1.54) is 0 Å². The number of rotatable bonds is 5. The van der Waals surface area contributed by atoms with Crippen LogP contribution in [0.25, 0.3) is 5.52 Å². The highest BCUT2D eigenvalue weighted by Gasteiger charge is 2.46. The summed E-state index contributed by atoms with van der Waals surface area (Å²) in [6, 6.07) is 5.42. The van der Waals surface area contributed by atoms with Gasteiger partial charge in [0.1, 0.15) is 0 Å². The second kappa shape index (κ2) is 8.75. The summed E-state index contributed by atoms with van der Waals surface area (Å²) in [6.07, 6.45) is -0.431. The van der Waals surface area contributed by atoms with Gasteiger partial charge >= 0.3 is 6.18 Å². The van der Waals surface area contributed by atoms with E-state index in [9.17, 15) is 23.1 Å². The third kappa shape index (κ3) is 4.78. The van der Waals surface area contributed by atoms with Gasteiger partial charge in [0.05, 0.1) is 22.1 Å². The summed E-state index contributed by atoms with van der Waals surface area (Å²) in [5.74, 6) is -1.46. The maximum absolute atomic E-state index is 13.1. The van der Waals surface area contributed by atoms with E-state index in [4.69, 9.17) is 16.3 Å². The Morgan fingerprint density at radius 2 is 2.03 bits per heavy atom. The summed E-state index contributed by atoms with van der Waals surface area (Å²) < 4.78 is 46.8. The van der Waals surface area contributed by atoms with Crippen LogP contribution in [-0.4, -0.2) is 40.3 Å². The van der Waals surface area contributed by atoms with E-state index < -0.39 is 17.7 Å². The molecule has 0 spiro atoms. The zero-order valence-corrected chi connectivity index (χ0v) is 18.0. The van der Waals surface area contributed by atoms with Gasteiger partial charge in [-0.1, -0.05) is 11.6 Å². The molecular weight excluding hydrogens is 431 g/mol. The molecule has 2 atom stereocenters. The average molecular weight is 458 g/mol. The Balaban J connectivity index is 1.55. The monoisotopic (exact) mass is 457 g/mol. The first kappa shape index (κ1) is 22.6. The van der Waals surface area contributed by atoms with Crippen molar-refractivity contribution in [2.24, 2.45) is 5.92 Å². The summed E-state index contributed by atoms with van der Waals surface area (Å²) in [5, 5.41) is 11.2. The molecule has 2 aromatic heterocycles. The lowest BCUT2D eigenvalue weighted by Crippen LogP contribution is -2.40. The summed E-state index contributed by atoms with van der Waals surface area (Å²) in [4.78, 5) is 13.1. The lowest BCUT2D eigenvalue weighted by molar-refractivity contribution is -0.201. The topological polar surface area (TPSA) is 50.9 Å². The highest BCUT2D eigenvalue weighted by molar-refractivity contribution is 6.35. The van der Waals surface area contributed by atoms with Crippen LogP contribution in [0.1, 0.15) is 73.3 Å².